The molecule has 0 atom stereocenters. The molecular formula is C11H12N4O2S. The van der Waals surface area contributed by atoms with Crippen LogP contribution in [0.3, 0.4) is 0 Å². The number of nitrogens with two attached hydrogens (primary N) is 1. The zero-order valence-electron chi connectivity index (χ0n) is 9.57. The van der Waals surface area contributed by atoms with Crippen LogP contribution in [0.2, 0.25) is 0 Å². The van der Waals surface area contributed by atoms with E-state index >= 15 is 0 Å². The van der Waals surface area contributed by atoms with Crippen molar-refractivity contribution in [2.75, 3.05) is 5.75 Å². The van der Waals surface area contributed by atoms with E-state index in [9.17, 15) is 4.79 Å². The number of aromatic nitrogens is 3. The summed E-state index contributed by atoms with van der Waals surface area (Å²) in [6.07, 6.45) is 3.82. The topological polar surface area (TPSA) is 86.9 Å². The van der Waals surface area contributed by atoms with Crippen molar-refractivity contribution < 1.29 is 9.21 Å². The third kappa shape index (κ3) is 2.13. The Labute approximate surface area is 108 Å². The third-order valence-corrected chi connectivity index (χ3v) is 3.63. The van der Waals surface area contributed by atoms with Crippen molar-refractivity contribution in [2.24, 2.45) is 5.73 Å². The predicted octanol–water partition coefficient (Wildman–Crippen LogP) is 1.45. The lowest BCUT2D eigenvalue weighted by atomic mass is 10.4. The summed E-state index contributed by atoms with van der Waals surface area (Å²) in [6, 6.07) is 4.08. The highest BCUT2D eigenvalue weighted by Crippen LogP contribution is 2.40. The predicted molar refractivity (Wildman–Crippen MR) is 65.9 cm³/mol. The summed E-state index contributed by atoms with van der Waals surface area (Å²) < 4.78 is 7.39. The second-order valence-corrected chi connectivity index (χ2v) is 5.08. The molecule has 0 saturated heterocycles. The number of thioether (sulfide) groups is 1. The molecule has 6 nitrogen and oxygen atoms in total. The maximum atomic E-state index is 10.8. The van der Waals surface area contributed by atoms with Crippen molar-refractivity contribution in [3.8, 4) is 11.6 Å². The highest BCUT2D eigenvalue weighted by atomic mass is 32.2. The first kappa shape index (κ1) is 11.3. The Hall–Kier alpha value is -1.76. The van der Waals surface area contributed by atoms with E-state index in [0.29, 0.717) is 11.8 Å². The molecule has 2 aromatic heterocycles. The van der Waals surface area contributed by atoms with E-state index in [4.69, 9.17) is 10.2 Å². The average molecular weight is 264 g/mol. The minimum atomic E-state index is -0.357. The molecule has 2 aromatic rings. The van der Waals surface area contributed by atoms with Crippen molar-refractivity contribution in [3.63, 3.8) is 0 Å². The molecule has 18 heavy (non-hydrogen) atoms. The van der Waals surface area contributed by atoms with Crippen LogP contribution >= 0.6 is 11.8 Å². The number of amides is 1. The van der Waals surface area contributed by atoms with Crippen molar-refractivity contribution in [1.29, 1.82) is 0 Å². The van der Waals surface area contributed by atoms with Crippen LogP contribution in [0.15, 0.2) is 28.0 Å². The fraction of sp³-hybridized carbons (Fsp3) is 0.364. The highest BCUT2D eigenvalue weighted by Gasteiger charge is 2.30. The molecule has 94 valence electrons. The molecule has 1 aliphatic carbocycles. The quantitative estimate of drug-likeness (QED) is 0.826. The Morgan fingerprint density at radius 3 is 3.00 bits per heavy atom. The largest absolute Gasteiger partial charge is 0.461 e. The molecule has 1 aliphatic rings. The molecular weight excluding hydrogens is 252 g/mol. The fourth-order valence-corrected chi connectivity index (χ4v) is 2.49. The number of carbonyl (C=O) groups is 1. The van der Waals surface area contributed by atoms with Gasteiger partial charge in [-0.05, 0) is 25.0 Å². The van der Waals surface area contributed by atoms with E-state index in [2.05, 4.69) is 10.2 Å². The van der Waals surface area contributed by atoms with Gasteiger partial charge in [0.2, 0.25) is 11.7 Å². The van der Waals surface area contributed by atoms with Crippen LogP contribution in [-0.4, -0.2) is 26.4 Å². The summed E-state index contributed by atoms with van der Waals surface area (Å²) in [7, 11) is 0. The minimum Gasteiger partial charge on any atom is -0.461 e. The molecule has 2 heterocycles. The zero-order valence-corrected chi connectivity index (χ0v) is 10.4. The molecule has 0 spiro atoms. The lowest BCUT2D eigenvalue weighted by molar-refractivity contribution is -0.115. The van der Waals surface area contributed by atoms with Crippen LogP contribution in [0, 0.1) is 0 Å². The van der Waals surface area contributed by atoms with Gasteiger partial charge in [-0.15, -0.1) is 10.2 Å². The second kappa shape index (κ2) is 4.49. The van der Waals surface area contributed by atoms with Gasteiger partial charge in [-0.3, -0.25) is 9.36 Å². The van der Waals surface area contributed by atoms with E-state index in [-0.39, 0.29) is 11.7 Å². The van der Waals surface area contributed by atoms with Crippen LogP contribution in [0.25, 0.3) is 11.6 Å². The summed E-state index contributed by atoms with van der Waals surface area (Å²) in [5.41, 5.74) is 5.15. The Morgan fingerprint density at radius 2 is 2.39 bits per heavy atom. The van der Waals surface area contributed by atoms with Gasteiger partial charge in [0.1, 0.15) is 0 Å². The number of furan rings is 1. The molecule has 0 radical (unpaired) electrons. The smallest absolute Gasteiger partial charge is 0.227 e. The van der Waals surface area contributed by atoms with Gasteiger partial charge in [0.25, 0.3) is 0 Å². The first-order chi connectivity index (χ1) is 8.75. The van der Waals surface area contributed by atoms with Crippen LogP contribution in [0.1, 0.15) is 18.9 Å². The maximum absolute atomic E-state index is 10.8. The molecule has 0 aliphatic heterocycles. The summed E-state index contributed by atoms with van der Waals surface area (Å²) >= 11 is 1.31. The van der Waals surface area contributed by atoms with Gasteiger partial charge < -0.3 is 10.2 Å². The Balaban J connectivity index is 1.93. The van der Waals surface area contributed by atoms with Gasteiger partial charge in [-0.2, -0.15) is 0 Å². The maximum Gasteiger partial charge on any atom is 0.227 e. The standard InChI is InChI=1S/C11H12N4O2S/c12-9(16)6-18-11-14-13-10(8-2-1-5-17-8)15(11)7-3-4-7/h1-2,5,7H,3-4,6H2,(H2,12,16). The second-order valence-electron chi connectivity index (χ2n) is 4.14. The van der Waals surface area contributed by atoms with Gasteiger partial charge in [0, 0.05) is 6.04 Å². The number of carbonyl (C=O) groups excluding carboxylic acids is 1. The molecule has 2 N–H and O–H groups in total. The minimum absolute atomic E-state index is 0.211. The van der Waals surface area contributed by atoms with E-state index in [1.54, 1.807) is 6.26 Å². The first-order valence-corrected chi connectivity index (χ1v) is 6.64. The van der Waals surface area contributed by atoms with Gasteiger partial charge in [-0.25, -0.2) is 0 Å². The average Bonchev–Trinajstić information content (AvgIpc) is 2.90. The Kier molecular flexibility index (Phi) is 2.83. The normalized spacial score (nSPS) is 14.9. The molecule has 0 bridgehead atoms. The van der Waals surface area contributed by atoms with E-state index in [1.165, 1.54) is 11.8 Å². The van der Waals surface area contributed by atoms with Gasteiger partial charge in [0.15, 0.2) is 10.9 Å². The SMILES string of the molecule is NC(=O)CSc1nnc(-c2ccco2)n1C1CC1. The van der Waals surface area contributed by atoms with Gasteiger partial charge in [-0.1, -0.05) is 11.8 Å². The van der Waals surface area contributed by atoms with E-state index < -0.39 is 0 Å². The molecule has 1 amide bonds. The molecule has 1 fully saturated rings. The molecule has 0 unspecified atom stereocenters. The van der Waals surface area contributed by atoms with Crippen molar-refractivity contribution >= 4 is 17.7 Å². The Morgan fingerprint density at radius 1 is 1.56 bits per heavy atom. The zero-order chi connectivity index (χ0) is 12.5. The van der Waals surface area contributed by atoms with E-state index in [1.807, 2.05) is 16.7 Å². The third-order valence-electron chi connectivity index (χ3n) is 2.66. The van der Waals surface area contributed by atoms with Crippen LogP contribution in [-0.2, 0) is 4.79 Å². The van der Waals surface area contributed by atoms with E-state index in [0.717, 1.165) is 23.8 Å². The summed E-state index contributed by atoms with van der Waals surface area (Å²) in [5.74, 6) is 1.27. The van der Waals surface area contributed by atoms with Gasteiger partial charge in [0.05, 0.1) is 12.0 Å². The Bertz CT molecular complexity index is 560. The monoisotopic (exact) mass is 264 g/mol. The summed E-state index contributed by atoms with van der Waals surface area (Å²) in [5, 5.41) is 8.98. The number of hydrogen-bond acceptors (Lipinski definition) is 5. The van der Waals surface area contributed by atoms with Crippen LogP contribution in [0.5, 0.6) is 0 Å². The van der Waals surface area contributed by atoms with Crippen molar-refractivity contribution in [1.82, 2.24) is 14.8 Å². The number of primary amides is 1. The molecule has 1 saturated carbocycles. The van der Waals surface area contributed by atoms with Crippen LogP contribution < -0.4 is 5.73 Å². The van der Waals surface area contributed by atoms with Crippen molar-refractivity contribution in [3.05, 3.63) is 18.4 Å². The number of hydrogen-bond donors (Lipinski definition) is 1. The molecule has 3 rings (SSSR count). The molecule has 7 heteroatoms. The fourth-order valence-electron chi connectivity index (χ4n) is 1.75. The lowest BCUT2D eigenvalue weighted by Crippen LogP contribution is -2.13. The van der Waals surface area contributed by atoms with Gasteiger partial charge >= 0.3 is 0 Å². The highest BCUT2D eigenvalue weighted by molar-refractivity contribution is 7.99. The van der Waals surface area contributed by atoms with Crippen LogP contribution in [0.4, 0.5) is 0 Å². The summed E-state index contributed by atoms with van der Waals surface area (Å²) in [4.78, 5) is 10.8. The number of nitrogens with zero attached hydrogens (tertiary/aromatic N) is 3. The lowest BCUT2D eigenvalue weighted by Gasteiger charge is -2.06. The molecule has 0 aromatic carbocycles. The van der Waals surface area contributed by atoms with Crippen molar-refractivity contribution in [2.45, 2.75) is 24.0 Å². The summed E-state index contributed by atoms with van der Waals surface area (Å²) in [6.45, 7) is 0. The first-order valence-electron chi connectivity index (χ1n) is 5.65. The number of rotatable bonds is 5.